The Morgan fingerprint density at radius 2 is 1.79 bits per heavy atom. The molecule has 0 spiro atoms. The van der Waals surface area contributed by atoms with Gasteiger partial charge in [-0.3, -0.25) is 9.59 Å². The first-order valence-corrected chi connectivity index (χ1v) is 8.15. The summed E-state index contributed by atoms with van der Waals surface area (Å²) in [7, 11) is 0. The number of rotatable bonds is 9. The molecule has 0 fully saturated rings. The largest absolute Gasteiger partial charge is 0.494 e. The number of aliphatic carboxylic acids is 1. The van der Waals surface area contributed by atoms with Crippen molar-refractivity contribution in [1.29, 1.82) is 0 Å². The van der Waals surface area contributed by atoms with Crippen LogP contribution in [0.4, 0.5) is 18.9 Å². The second-order valence-corrected chi connectivity index (χ2v) is 5.59. The molecule has 2 N–H and O–H groups in total. The third-order valence-electron chi connectivity index (χ3n) is 3.26. The second-order valence-electron chi connectivity index (χ2n) is 5.59. The first kappa shape index (κ1) is 21.0. The number of nitrogens with zero attached hydrogens (tertiary/aromatic N) is 1. The fraction of sp³-hybridized carbons (Fsp3) is 0.278. The van der Waals surface area contributed by atoms with Gasteiger partial charge in [-0.25, -0.2) is 4.98 Å². The number of benzene rings is 1. The zero-order chi connectivity index (χ0) is 20.6. The van der Waals surface area contributed by atoms with Gasteiger partial charge in [-0.05, 0) is 36.8 Å². The van der Waals surface area contributed by atoms with E-state index in [-0.39, 0.29) is 24.6 Å². The molecule has 0 aliphatic heterocycles. The molecule has 0 saturated heterocycles. The van der Waals surface area contributed by atoms with Crippen molar-refractivity contribution >= 4 is 17.6 Å². The predicted molar refractivity (Wildman–Crippen MR) is 92.5 cm³/mol. The van der Waals surface area contributed by atoms with E-state index >= 15 is 0 Å². The number of pyridine rings is 1. The van der Waals surface area contributed by atoms with Crippen LogP contribution in [0.1, 0.15) is 23.3 Å². The topological polar surface area (TPSA) is 97.8 Å². The van der Waals surface area contributed by atoms with Crippen LogP contribution in [0.2, 0.25) is 0 Å². The molecule has 7 nitrogen and oxygen atoms in total. The van der Waals surface area contributed by atoms with Crippen LogP contribution in [-0.4, -0.2) is 41.4 Å². The third kappa shape index (κ3) is 7.52. The van der Waals surface area contributed by atoms with E-state index in [9.17, 15) is 22.8 Å². The number of hydrogen-bond acceptors (Lipinski definition) is 5. The standard InChI is InChI=1S/C18H17F3N2O5/c19-18(20,21)11-28-15-4-1-3-14(23-15)17(26)22-12-6-8-13(9-7-12)27-10-2-5-16(24)25/h1,3-4,6-9H,2,5,10-11H2,(H,22,26)(H,24,25). The van der Waals surface area contributed by atoms with Crippen molar-refractivity contribution in [1.82, 2.24) is 4.98 Å². The molecule has 0 aliphatic rings. The Hall–Kier alpha value is -3.30. The van der Waals surface area contributed by atoms with Gasteiger partial charge in [0.05, 0.1) is 6.61 Å². The van der Waals surface area contributed by atoms with Crippen molar-refractivity contribution in [2.75, 3.05) is 18.5 Å². The Kier molecular flexibility index (Phi) is 7.19. The van der Waals surface area contributed by atoms with E-state index < -0.39 is 24.7 Å². The lowest BCUT2D eigenvalue weighted by Crippen LogP contribution is -2.20. The van der Waals surface area contributed by atoms with Crippen LogP contribution in [0.5, 0.6) is 11.6 Å². The smallest absolute Gasteiger partial charge is 0.422 e. The molecule has 1 amide bonds. The molecule has 150 valence electrons. The zero-order valence-electron chi connectivity index (χ0n) is 14.5. The fourth-order valence-electron chi connectivity index (χ4n) is 2.02. The van der Waals surface area contributed by atoms with Crippen LogP contribution in [-0.2, 0) is 4.79 Å². The van der Waals surface area contributed by atoms with Gasteiger partial charge < -0.3 is 19.9 Å². The van der Waals surface area contributed by atoms with Crippen LogP contribution in [0.3, 0.4) is 0 Å². The molecule has 10 heteroatoms. The first-order valence-electron chi connectivity index (χ1n) is 8.15. The lowest BCUT2D eigenvalue weighted by Gasteiger charge is -2.10. The minimum absolute atomic E-state index is 0.00683. The molecule has 0 atom stereocenters. The number of hydrogen-bond donors (Lipinski definition) is 2. The quantitative estimate of drug-likeness (QED) is 0.628. The Morgan fingerprint density at radius 3 is 2.43 bits per heavy atom. The van der Waals surface area contributed by atoms with Gasteiger partial charge in [0.1, 0.15) is 11.4 Å². The lowest BCUT2D eigenvalue weighted by atomic mass is 10.2. The summed E-state index contributed by atoms with van der Waals surface area (Å²) in [5.41, 5.74) is 0.319. The van der Waals surface area contributed by atoms with Gasteiger partial charge in [0.25, 0.3) is 5.91 Å². The van der Waals surface area contributed by atoms with E-state index in [1.165, 1.54) is 18.2 Å². The Morgan fingerprint density at radius 1 is 1.07 bits per heavy atom. The molecule has 2 aromatic rings. The lowest BCUT2D eigenvalue weighted by molar-refractivity contribution is -0.154. The Bertz CT molecular complexity index is 810. The monoisotopic (exact) mass is 398 g/mol. The highest BCUT2D eigenvalue weighted by Crippen LogP contribution is 2.19. The molecule has 0 aliphatic carbocycles. The average molecular weight is 398 g/mol. The van der Waals surface area contributed by atoms with E-state index in [2.05, 4.69) is 15.0 Å². The number of nitrogens with one attached hydrogen (secondary N) is 1. The molecule has 0 unspecified atom stereocenters. The number of carbonyl (C=O) groups is 2. The molecular weight excluding hydrogens is 381 g/mol. The van der Waals surface area contributed by atoms with Crippen molar-refractivity contribution in [3.8, 4) is 11.6 Å². The molecule has 0 saturated carbocycles. The maximum absolute atomic E-state index is 12.2. The maximum atomic E-state index is 12.2. The normalized spacial score (nSPS) is 11.0. The van der Waals surface area contributed by atoms with Gasteiger partial charge in [-0.15, -0.1) is 0 Å². The summed E-state index contributed by atoms with van der Waals surface area (Å²) >= 11 is 0. The number of alkyl halides is 3. The van der Waals surface area contributed by atoms with E-state index in [0.717, 1.165) is 0 Å². The van der Waals surface area contributed by atoms with Crippen molar-refractivity contribution < 1.29 is 37.3 Å². The number of amides is 1. The summed E-state index contributed by atoms with van der Waals surface area (Å²) in [6.45, 7) is -1.26. The summed E-state index contributed by atoms with van der Waals surface area (Å²) in [6.07, 6.45) is -4.13. The van der Waals surface area contributed by atoms with Gasteiger partial charge >= 0.3 is 12.1 Å². The van der Waals surface area contributed by atoms with Crippen molar-refractivity contribution in [2.24, 2.45) is 0 Å². The summed E-state index contributed by atoms with van der Waals surface area (Å²) < 4.78 is 46.4. The molecule has 2 rings (SSSR count). The molecule has 1 aromatic carbocycles. The van der Waals surface area contributed by atoms with Crippen molar-refractivity contribution in [2.45, 2.75) is 19.0 Å². The van der Waals surface area contributed by atoms with Gasteiger partial charge in [0.15, 0.2) is 6.61 Å². The SMILES string of the molecule is O=C(O)CCCOc1ccc(NC(=O)c2cccc(OCC(F)(F)F)n2)cc1. The van der Waals surface area contributed by atoms with E-state index in [1.807, 2.05) is 0 Å². The van der Waals surface area contributed by atoms with Crippen LogP contribution in [0.25, 0.3) is 0 Å². The van der Waals surface area contributed by atoms with Gasteiger partial charge in [-0.2, -0.15) is 13.2 Å². The number of aromatic nitrogens is 1. The van der Waals surface area contributed by atoms with Crippen molar-refractivity contribution in [3.05, 3.63) is 48.2 Å². The van der Waals surface area contributed by atoms with Crippen LogP contribution in [0.15, 0.2) is 42.5 Å². The number of carboxylic acid groups (broad SMARTS) is 1. The maximum Gasteiger partial charge on any atom is 0.422 e. The summed E-state index contributed by atoms with van der Waals surface area (Å²) in [4.78, 5) is 26.4. The van der Waals surface area contributed by atoms with Gasteiger partial charge in [0.2, 0.25) is 5.88 Å². The predicted octanol–water partition coefficient (Wildman–Crippen LogP) is 3.52. The van der Waals surface area contributed by atoms with Crippen LogP contribution < -0.4 is 14.8 Å². The van der Waals surface area contributed by atoms with Gasteiger partial charge in [-0.1, -0.05) is 6.07 Å². The molecule has 28 heavy (non-hydrogen) atoms. The fourth-order valence-corrected chi connectivity index (χ4v) is 2.02. The summed E-state index contributed by atoms with van der Waals surface area (Å²) in [5.74, 6) is -1.32. The Balaban J connectivity index is 1.89. The third-order valence-corrected chi connectivity index (χ3v) is 3.26. The van der Waals surface area contributed by atoms with E-state index in [0.29, 0.717) is 17.9 Å². The average Bonchev–Trinajstić information content (AvgIpc) is 2.64. The highest BCUT2D eigenvalue weighted by atomic mass is 19.4. The molecular formula is C18H17F3N2O5. The number of halogens is 3. The highest BCUT2D eigenvalue weighted by Gasteiger charge is 2.28. The number of anilines is 1. The molecule has 1 heterocycles. The molecule has 1 aromatic heterocycles. The number of carbonyl (C=O) groups excluding carboxylic acids is 1. The van der Waals surface area contributed by atoms with E-state index in [4.69, 9.17) is 9.84 Å². The van der Waals surface area contributed by atoms with Crippen LogP contribution in [0, 0.1) is 0 Å². The molecule has 0 radical (unpaired) electrons. The number of ether oxygens (including phenoxy) is 2. The second kappa shape index (κ2) is 9.58. The van der Waals surface area contributed by atoms with Gasteiger partial charge in [0, 0.05) is 18.2 Å². The van der Waals surface area contributed by atoms with E-state index in [1.54, 1.807) is 24.3 Å². The summed E-state index contributed by atoms with van der Waals surface area (Å²) in [6, 6.07) is 10.2. The first-order chi connectivity index (χ1) is 13.2. The van der Waals surface area contributed by atoms with Crippen LogP contribution >= 0.6 is 0 Å². The number of carboxylic acids is 1. The minimum Gasteiger partial charge on any atom is -0.494 e. The molecule has 0 bridgehead atoms. The van der Waals surface area contributed by atoms with Crippen molar-refractivity contribution in [3.63, 3.8) is 0 Å². The zero-order valence-corrected chi connectivity index (χ0v) is 14.5. The summed E-state index contributed by atoms with van der Waals surface area (Å²) in [5, 5.41) is 11.1. The Labute approximate surface area is 158 Å². The highest BCUT2D eigenvalue weighted by molar-refractivity contribution is 6.02. The minimum atomic E-state index is -4.50.